The molecule has 1 saturated heterocycles. The Kier molecular flexibility index (Phi) is 11.2. The van der Waals surface area contributed by atoms with E-state index in [0.717, 1.165) is 64.2 Å². The number of carbonyl (C=O) groups excluding carboxylic acids is 2. The highest BCUT2D eigenvalue weighted by Crippen LogP contribution is 2.18. The standard InChI is InChI=1S/C27H33N3O2.C2HF3O2/c31-26(25-9-8-23-12-14-28-15-13-24(23)21-25)10-11-27(32)30-19-17-29(18-20-30)16-4-7-22-5-2-1-3-6-22;3-2(4,5)1(6)7/h1-9,21,28H,10-20H2;(H,6,7). The van der Waals surface area contributed by atoms with Gasteiger partial charge in [0.1, 0.15) is 0 Å². The second kappa shape index (κ2) is 14.6. The normalized spacial score (nSPS) is 16.1. The lowest BCUT2D eigenvalue weighted by molar-refractivity contribution is -0.192. The van der Waals surface area contributed by atoms with E-state index in [1.807, 2.05) is 35.2 Å². The Balaban J connectivity index is 0.000000532. The number of fused-ring (bicyclic) bond motifs is 1. The van der Waals surface area contributed by atoms with Crippen LogP contribution < -0.4 is 5.32 Å². The zero-order valence-electron chi connectivity index (χ0n) is 21.8. The summed E-state index contributed by atoms with van der Waals surface area (Å²) in [6.07, 6.45) is 1.79. The quantitative estimate of drug-likeness (QED) is 0.515. The van der Waals surface area contributed by atoms with E-state index in [2.05, 4.69) is 40.6 Å². The first-order valence-corrected chi connectivity index (χ1v) is 13.0. The summed E-state index contributed by atoms with van der Waals surface area (Å²) in [5.74, 6) is -2.59. The van der Waals surface area contributed by atoms with Gasteiger partial charge in [0.15, 0.2) is 5.78 Å². The fourth-order valence-electron chi connectivity index (χ4n) is 4.45. The van der Waals surface area contributed by atoms with Gasteiger partial charge in [0, 0.05) is 51.1 Å². The number of rotatable bonds is 7. The number of benzene rings is 2. The molecule has 0 unspecified atom stereocenters. The van der Waals surface area contributed by atoms with Crippen molar-refractivity contribution in [2.45, 2.75) is 31.9 Å². The Labute approximate surface area is 226 Å². The molecule has 2 aliphatic heterocycles. The van der Waals surface area contributed by atoms with Crippen molar-refractivity contribution in [2.75, 3.05) is 45.8 Å². The van der Waals surface area contributed by atoms with E-state index in [1.165, 1.54) is 16.7 Å². The fourth-order valence-corrected chi connectivity index (χ4v) is 4.45. The number of nitrogens with zero attached hydrogens (tertiary/aromatic N) is 2. The summed E-state index contributed by atoms with van der Waals surface area (Å²) in [7, 11) is 0. The Bertz CT molecular complexity index is 1140. The van der Waals surface area contributed by atoms with Crippen LogP contribution in [0, 0.1) is 0 Å². The number of ketones is 1. The summed E-state index contributed by atoms with van der Waals surface area (Å²) in [5, 5.41) is 10.5. The second-order valence-corrected chi connectivity index (χ2v) is 9.45. The van der Waals surface area contributed by atoms with Crippen molar-refractivity contribution in [1.29, 1.82) is 0 Å². The molecule has 10 heteroatoms. The average Bonchev–Trinajstić information content (AvgIpc) is 3.17. The molecule has 2 aromatic rings. The van der Waals surface area contributed by atoms with Crippen molar-refractivity contribution in [3.8, 4) is 0 Å². The van der Waals surface area contributed by atoms with Crippen LogP contribution in [-0.2, 0) is 22.4 Å². The highest BCUT2D eigenvalue weighted by molar-refractivity contribution is 5.98. The molecule has 2 N–H and O–H groups in total. The van der Waals surface area contributed by atoms with E-state index < -0.39 is 12.1 Å². The predicted octanol–water partition coefficient (Wildman–Crippen LogP) is 3.83. The summed E-state index contributed by atoms with van der Waals surface area (Å²) >= 11 is 0. The van der Waals surface area contributed by atoms with Crippen molar-refractivity contribution < 1.29 is 32.7 Å². The van der Waals surface area contributed by atoms with E-state index in [-0.39, 0.29) is 18.1 Å². The molecule has 1 amide bonds. The van der Waals surface area contributed by atoms with Gasteiger partial charge in [-0.05, 0) is 48.7 Å². The van der Waals surface area contributed by atoms with E-state index in [1.54, 1.807) is 0 Å². The minimum Gasteiger partial charge on any atom is -0.475 e. The molecule has 0 aliphatic carbocycles. The van der Waals surface area contributed by atoms with Gasteiger partial charge in [0.25, 0.3) is 0 Å². The van der Waals surface area contributed by atoms with Gasteiger partial charge in [-0.3, -0.25) is 14.5 Å². The van der Waals surface area contributed by atoms with Gasteiger partial charge in [-0.25, -0.2) is 4.79 Å². The number of Topliss-reactive ketones (excluding diaryl/α,β-unsaturated/α-hetero) is 1. The zero-order valence-corrected chi connectivity index (χ0v) is 21.8. The Morgan fingerprint density at radius 3 is 2.18 bits per heavy atom. The maximum atomic E-state index is 12.7. The first-order chi connectivity index (χ1) is 18.6. The lowest BCUT2D eigenvalue weighted by atomic mass is 9.97. The van der Waals surface area contributed by atoms with Crippen LogP contribution >= 0.6 is 0 Å². The third-order valence-corrected chi connectivity index (χ3v) is 6.68. The second-order valence-electron chi connectivity index (χ2n) is 9.45. The van der Waals surface area contributed by atoms with Gasteiger partial charge >= 0.3 is 12.1 Å². The van der Waals surface area contributed by atoms with E-state index in [0.29, 0.717) is 6.42 Å². The summed E-state index contributed by atoms with van der Waals surface area (Å²) in [6, 6.07) is 16.3. The number of halogens is 3. The molecule has 0 saturated carbocycles. The molecule has 1 fully saturated rings. The van der Waals surface area contributed by atoms with Crippen LogP contribution in [0.5, 0.6) is 0 Å². The molecule has 39 heavy (non-hydrogen) atoms. The van der Waals surface area contributed by atoms with Gasteiger partial charge in [-0.15, -0.1) is 0 Å². The molecule has 2 aliphatic rings. The van der Waals surface area contributed by atoms with Crippen molar-refractivity contribution in [2.24, 2.45) is 0 Å². The summed E-state index contributed by atoms with van der Waals surface area (Å²) in [4.78, 5) is 38.5. The van der Waals surface area contributed by atoms with Crippen LogP contribution in [0.1, 0.15) is 39.9 Å². The highest BCUT2D eigenvalue weighted by atomic mass is 19.4. The van der Waals surface area contributed by atoms with Crippen LogP contribution in [0.15, 0.2) is 54.6 Å². The number of carboxylic acid groups (broad SMARTS) is 1. The molecule has 2 heterocycles. The minimum atomic E-state index is -5.08. The number of carbonyl (C=O) groups is 3. The number of aliphatic carboxylic acids is 1. The number of hydrogen-bond acceptors (Lipinski definition) is 5. The van der Waals surface area contributed by atoms with E-state index in [9.17, 15) is 22.8 Å². The van der Waals surface area contributed by atoms with Gasteiger partial charge < -0.3 is 15.3 Å². The molecule has 2 aromatic carbocycles. The van der Waals surface area contributed by atoms with Crippen LogP contribution in [0.2, 0.25) is 0 Å². The van der Waals surface area contributed by atoms with Gasteiger partial charge in [-0.1, -0.05) is 54.6 Å². The molecule has 0 aromatic heterocycles. The molecule has 0 bridgehead atoms. The number of nitrogens with one attached hydrogen (secondary N) is 1. The van der Waals surface area contributed by atoms with Crippen molar-refractivity contribution in [1.82, 2.24) is 15.1 Å². The maximum Gasteiger partial charge on any atom is 0.490 e. The lowest BCUT2D eigenvalue weighted by Crippen LogP contribution is -2.48. The predicted molar refractivity (Wildman–Crippen MR) is 142 cm³/mol. The van der Waals surface area contributed by atoms with Gasteiger partial charge in [-0.2, -0.15) is 13.2 Å². The average molecular weight is 546 g/mol. The monoisotopic (exact) mass is 545 g/mol. The fraction of sp³-hybridized carbons (Fsp3) is 0.414. The van der Waals surface area contributed by atoms with E-state index >= 15 is 0 Å². The summed E-state index contributed by atoms with van der Waals surface area (Å²) in [5.41, 5.74) is 4.55. The van der Waals surface area contributed by atoms with Crippen LogP contribution in [0.4, 0.5) is 13.2 Å². The molecule has 0 atom stereocenters. The third-order valence-electron chi connectivity index (χ3n) is 6.68. The largest absolute Gasteiger partial charge is 0.490 e. The molecule has 4 rings (SSSR count). The molecule has 0 spiro atoms. The number of amides is 1. The Hall–Kier alpha value is -3.50. The number of hydrogen-bond donors (Lipinski definition) is 2. The SMILES string of the molecule is O=C(CCC(=O)N1CCN(CC=Cc2ccccc2)CC1)c1ccc2c(c1)CCNCC2.O=C(O)C(F)(F)F. The number of carboxylic acids is 1. The summed E-state index contributed by atoms with van der Waals surface area (Å²) < 4.78 is 31.7. The Morgan fingerprint density at radius 1 is 0.897 bits per heavy atom. The van der Waals surface area contributed by atoms with Crippen LogP contribution in [0.3, 0.4) is 0 Å². The highest BCUT2D eigenvalue weighted by Gasteiger charge is 2.38. The third kappa shape index (κ3) is 9.96. The molecular weight excluding hydrogens is 511 g/mol. The van der Waals surface area contributed by atoms with Gasteiger partial charge in [0.05, 0.1) is 0 Å². The maximum absolute atomic E-state index is 12.7. The van der Waals surface area contributed by atoms with Crippen molar-refractivity contribution >= 4 is 23.7 Å². The number of piperazine rings is 1. The van der Waals surface area contributed by atoms with E-state index in [4.69, 9.17) is 9.90 Å². The zero-order chi connectivity index (χ0) is 28.3. The Morgan fingerprint density at radius 2 is 1.54 bits per heavy atom. The lowest BCUT2D eigenvalue weighted by Gasteiger charge is -2.34. The minimum absolute atomic E-state index is 0.0723. The molecular formula is C29H34F3N3O4. The smallest absolute Gasteiger partial charge is 0.475 e. The first-order valence-electron chi connectivity index (χ1n) is 13.0. The van der Waals surface area contributed by atoms with Crippen molar-refractivity contribution in [3.63, 3.8) is 0 Å². The van der Waals surface area contributed by atoms with Crippen LogP contribution in [-0.4, -0.2) is 84.6 Å². The summed E-state index contributed by atoms with van der Waals surface area (Å²) in [6.45, 7) is 6.05. The first kappa shape index (κ1) is 30.0. The van der Waals surface area contributed by atoms with Crippen LogP contribution in [0.25, 0.3) is 6.08 Å². The van der Waals surface area contributed by atoms with Crippen molar-refractivity contribution in [3.05, 3.63) is 76.9 Å². The molecule has 210 valence electrons. The molecule has 0 radical (unpaired) electrons. The molecule has 7 nitrogen and oxygen atoms in total. The number of alkyl halides is 3. The van der Waals surface area contributed by atoms with Gasteiger partial charge in [0.2, 0.25) is 5.91 Å². The topological polar surface area (TPSA) is 90.0 Å².